The lowest BCUT2D eigenvalue weighted by atomic mass is 9.33. The molecule has 19 aromatic carbocycles. The maximum Gasteiger partial charge on any atom is 0.252 e. The predicted molar refractivity (Wildman–Crippen MR) is 509 cm³/mol. The van der Waals surface area contributed by atoms with Gasteiger partial charge in [-0.25, -0.2) is 0 Å². The van der Waals surface area contributed by atoms with Gasteiger partial charge in [0.1, 0.15) is 0 Å². The summed E-state index contributed by atoms with van der Waals surface area (Å²) in [6.07, 6.45) is 0. The van der Waals surface area contributed by atoms with E-state index in [1.54, 1.807) is 0 Å². The maximum atomic E-state index is 2.74. The van der Waals surface area contributed by atoms with Gasteiger partial charge < -0.3 is 19.3 Å². The van der Waals surface area contributed by atoms with Crippen LogP contribution in [-0.4, -0.2) is 11.3 Å². The van der Waals surface area contributed by atoms with E-state index in [4.69, 9.17) is 0 Å². The third kappa shape index (κ3) is 12.0. The molecule has 4 nitrogen and oxygen atoms in total. The minimum absolute atomic E-state index is 0.241. The summed E-state index contributed by atoms with van der Waals surface area (Å²) in [6, 6.07) is 154. The van der Waals surface area contributed by atoms with E-state index in [0.717, 1.165) is 140 Å². The van der Waals surface area contributed by atoms with Gasteiger partial charge in [0.2, 0.25) is 0 Å². The Bertz CT molecular complexity index is 7060. The van der Waals surface area contributed by atoms with Gasteiger partial charge in [-0.3, -0.25) is 0 Å². The fraction of sp³-hybridized carbons (Fsp3) is 0.0702. The number of hydrogen-bond acceptors (Lipinski definition) is 3. The zero-order valence-corrected chi connectivity index (χ0v) is 67.5. The third-order valence-corrected chi connectivity index (χ3v) is 25.2. The number of para-hydroxylation sites is 2. The van der Waals surface area contributed by atoms with Gasteiger partial charge >= 0.3 is 0 Å². The molecule has 3 heterocycles. The first-order valence-corrected chi connectivity index (χ1v) is 41.7. The number of fused-ring (bicyclic) bond motifs is 7. The number of benzene rings is 19. The number of rotatable bonds is 13. The Morgan fingerprint density at radius 2 is 0.630 bits per heavy atom. The van der Waals surface area contributed by atoms with Gasteiger partial charge in [0.05, 0.1) is 28.1 Å². The van der Waals surface area contributed by atoms with Crippen LogP contribution in [0.15, 0.2) is 406 Å². The molecule has 0 spiro atoms. The number of anilines is 9. The van der Waals surface area contributed by atoms with E-state index in [9.17, 15) is 0 Å². The van der Waals surface area contributed by atoms with E-state index in [1.807, 2.05) is 0 Å². The van der Waals surface area contributed by atoms with Crippen molar-refractivity contribution in [3.63, 3.8) is 0 Å². The first kappa shape index (κ1) is 71.1. The average Bonchev–Trinajstić information content (AvgIpc) is 0.727. The fourth-order valence-electron chi connectivity index (χ4n) is 19.4. The molecule has 0 atom stereocenters. The second-order valence-electron chi connectivity index (χ2n) is 34.3. The topological polar surface area (TPSA) is 14.7 Å². The zero-order valence-electron chi connectivity index (χ0n) is 67.5. The molecule has 1 aromatic heterocycles. The molecule has 5 heteroatoms. The van der Waals surface area contributed by atoms with Gasteiger partial charge in [-0.15, -0.1) is 0 Å². The quantitative estimate of drug-likeness (QED) is 0.0845. The number of hydrogen-bond donors (Lipinski definition) is 0. The Labute approximate surface area is 696 Å². The monoisotopic (exact) mass is 1520 g/mol. The van der Waals surface area contributed by atoms with E-state index in [1.165, 1.54) is 76.2 Å². The summed E-state index contributed by atoms with van der Waals surface area (Å²) in [5, 5.41) is 9.99. The minimum Gasteiger partial charge on any atom is -0.310 e. The molecule has 2 aliphatic heterocycles. The van der Waals surface area contributed by atoms with Crippen LogP contribution in [0.4, 0.5) is 51.2 Å². The summed E-state index contributed by atoms with van der Waals surface area (Å²) in [6.45, 7) is 13.8. The number of aromatic nitrogens is 1. The molecule has 2 aliphatic rings. The zero-order chi connectivity index (χ0) is 79.8. The Morgan fingerprint density at radius 1 is 0.244 bits per heavy atom. The van der Waals surface area contributed by atoms with Gasteiger partial charge in [-0.05, 0) is 217 Å². The Balaban J connectivity index is 0.936. The van der Waals surface area contributed by atoms with Crippen molar-refractivity contribution in [1.82, 2.24) is 4.57 Å². The van der Waals surface area contributed by atoms with Crippen LogP contribution in [0.2, 0.25) is 0 Å². The lowest BCUT2D eigenvalue weighted by Gasteiger charge is -2.46. The molecule has 20 aromatic rings. The van der Waals surface area contributed by atoms with Crippen LogP contribution in [0.1, 0.15) is 52.7 Å². The van der Waals surface area contributed by atoms with Gasteiger partial charge in [0.15, 0.2) is 0 Å². The highest BCUT2D eigenvalue weighted by Crippen LogP contribution is 2.57. The Hall–Kier alpha value is -14.5. The van der Waals surface area contributed by atoms with Crippen LogP contribution >= 0.6 is 0 Å². The van der Waals surface area contributed by atoms with Crippen LogP contribution in [0, 0.1) is 0 Å². The molecule has 0 saturated heterocycles. The average molecular weight is 1520 g/mol. The molecule has 0 amide bonds. The normalized spacial score (nSPS) is 12.6. The largest absolute Gasteiger partial charge is 0.310 e. The molecular weight excluding hydrogens is 1440 g/mol. The molecule has 119 heavy (non-hydrogen) atoms. The summed E-state index contributed by atoms with van der Waals surface area (Å²) >= 11 is 0. The van der Waals surface area contributed by atoms with Crippen LogP contribution in [-0.2, 0) is 10.8 Å². The van der Waals surface area contributed by atoms with Gasteiger partial charge in [0.25, 0.3) is 6.71 Å². The molecule has 0 saturated carbocycles. The van der Waals surface area contributed by atoms with Crippen molar-refractivity contribution in [2.45, 2.75) is 52.4 Å². The molecule has 0 bridgehead atoms. The molecule has 22 rings (SSSR count). The lowest BCUT2D eigenvalue weighted by molar-refractivity contribution is 0.590. The van der Waals surface area contributed by atoms with Gasteiger partial charge in [-0.2, -0.15) is 0 Å². The molecular formula is C114H85BN4. The van der Waals surface area contributed by atoms with Crippen molar-refractivity contribution in [3.8, 4) is 83.6 Å². The highest BCUT2D eigenvalue weighted by atomic mass is 15.2. The minimum atomic E-state index is -0.356. The second kappa shape index (κ2) is 28.2. The molecule has 0 unspecified atom stereocenters. The third-order valence-electron chi connectivity index (χ3n) is 25.2. The summed E-state index contributed by atoms with van der Waals surface area (Å²) in [7, 11) is 0. The summed E-state index contributed by atoms with van der Waals surface area (Å²) in [5.41, 5.74) is 34.5. The highest BCUT2D eigenvalue weighted by molar-refractivity contribution is 7.00. The van der Waals surface area contributed by atoms with E-state index in [0.29, 0.717) is 0 Å². The highest BCUT2D eigenvalue weighted by Gasteiger charge is 2.47. The van der Waals surface area contributed by atoms with Crippen molar-refractivity contribution in [1.29, 1.82) is 0 Å². The first-order valence-electron chi connectivity index (χ1n) is 41.7. The molecule has 0 N–H and O–H groups in total. The van der Waals surface area contributed by atoms with Gasteiger partial charge in [0, 0.05) is 72.8 Å². The first-order chi connectivity index (χ1) is 58.3. The second-order valence-corrected chi connectivity index (χ2v) is 34.3. The summed E-state index contributed by atoms with van der Waals surface area (Å²) in [5.74, 6) is 0. The standard InChI is InChI=1S/C114H85BN4/c1-113(2,3)86-67-96(78-34-17-9-18-35-78)111(97(68-86)79-36-19-10-20-37-79)118-104-65-56-85(92-62-54-84-49-48-82-42-29-43-83-55-63-95(92)109(84)108(82)83)66-101(104)115-100-64-61-90(117-102-46-27-25-44-93(102)94-45-26-28-47-103(94)117)71-105(100)119(112-98(80-38-21-11-22-39-80)69-87(114(4,5)6)70-99(112)81-40-23-12-24-41-81)107-73-91(72-106(118)110(107)115)116(88-57-50-76(51-58-88)74-30-13-7-14-31-74)89-59-52-77(53-60-89)75-32-15-8-16-33-75/h7-73H,1-6H3. The van der Waals surface area contributed by atoms with E-state index in [-0.39, 0.29) is 17.5 Å². The van der Waals surface area contributed by atoms with Crippen LogP contribution in [0.5, 0.6) is 0 Å². The predicted octanol–water partition coefficient (Wildman–Crippen LogP) is 29.5. The van der Waals surface area contributed by atoms with Crippen molar-refractivity contribution in [2.75, 3.05) is 14.7 Å². The van der Waals surface area contributed by atoms with Crippen molar-refractivity contribution in [3.05, 3.63) is 418 Å². The van der Waals surface area contributed by atoms with E-state index in [2.05, 4.69) is 467 Å². The Kier molecular flexibility index (Phi) is 16.8. The molecule has 0 radical (unpaired) electrons. The fourth-order valence-corrected chi connectivity index (χ4v) is 19.4. The van der Waals surface area contributed by atoms with E-state index < -0.39 is 0 Å². The molecule has 0 aliphatic carbocycles. The SMILES string of the molecule is CC(C)(C)c1cc(-c2ccccc2)c(N2c3ccc(-c4ccc5ccc6cccc7ccc4c5c67)cc3B3c4ccc(-n5c6ccccc6c6ccccc65)cc4N(c4c(-c5ccccc5)cc(C(C)(C)C)cc4-c4ccccc4)c4cc(N(c5ccc(-c6ccccc6)cc5)c5ccc(-c6ccccc6)cc5)cc2c43)c(-c2ccccc2)c1. The maximum absolute atomic E-state index is 2.74. The van der Waals surface area contributed by atoms with Crippen molar-refractivity contribution in [2.24, 2.45) is 0 Å². The van der Waals surface area contributed by atoms with Crippen LogP contribution in [0.25, 0.3) is 138 Å². The van der Waals surface area contributed by atoms with Crippen LogP contribution < -0.4 is 31.1 Å². The van der Waals surface area contributed by atoms with E-state index >= 15 is 0 Å². The lowest BCUT2D eigenvalue weighted by Crippen LogP contribution is -2.61. The smallest absolute Gasteiger partial charge is 0.252 e. The number of nitrogens with zero attached hydrogens (tertiary/aromatic N) is 4. The van der Waals surface area contributed by atoms with Crippen LogP contribution in [0.3, 0.4) is 0 Å². The van der Waals surface area contributed by atoms with Gasteiger partial charge in [-0.1, -0.05) is 357 Å². The summed E-state index contributed by atoms with van der Waals surface area (Å²) in [4.78, 5) is 7.99. The molecule has 0 fully saturated rings. The summed E-state index contributed by atoms with van der Waals surface area (Å²) < 4.78 is 2.51. The van der Waals surface area contributed by atoms with Crippen molar-refractivity contribution >= 4 is 128 Å². The molecule has 564 valence electrons. The Morgan fingerprint density at radius 3 is 1.08 bits per heavy atom. The van der Waals surface area contributed by atoms with Crippen molar-refractivity contribution < 1.29 is 0 Å².